The van der Waals surface area contributed by atoms with E-state index in [4.69, 9.17) is 4.98 Å². The number of allylic oxidation sites excluding steroid dienone is 2. The van der Waals surface area contributed by atoms with Crippen LogP contribution in [0.4, 0.5) is 8.78 Å². The molecule has 2 aliphatic rings. The zero-order valence-corrected chi connectivity index (χ0v) is 23.1. The van der Waals surface area contributed by atoms with Gasteiger partial charge in [-0.15, -0.1) is 0 Å². The molecule has 0 saturated heterocycles. The highest BCUT2D eigenvalue weighted by molar-refractivity contribution is 6.88. The van der Waals surface area contributed by atoms with E-state index in [2.05, 4.69) is 19.9 Å². The van der Waals surface area contributed by atoms with Gasteiger partial charge in [0.25, 0.3) is 0 Å². The molecule has 1 N–H and O–H groups in total. The number of aliphatic hydroxyl groups excluding tert-OH is 1. The lowest BCUT2D eigenvalue weighted by Gasteiger charge is -2.43. The second kappa shape index (κ2) is 9.20. The first kappa shape index (κ1) is 26.2. The lowest BCUT2D eigenvalue weighted by Crippen LogP contribution is -2.42. The summed E-state index contributed by atoms with van der Waals surface area (Å²) in [6, 6.07) is 2.55. The van der Waals surface area contributed by atoms with E-state index in [1.165, 1.54) is 12.1 Å². The summed E-state index contributed by atoms with van der Waals surface area (Å²) < 4.78 is 30.3. The normalized spacial score (nSPS) is 20.7. The monoisotopic (exact) mass is 498 g/mol. The Labute approximate surface area is 209 Å². The van der Waals surface area contributed by atoms with Gasteiger partial charge < -0.3 is 10.2 Å². The third-order valence-electron chi connectivity index (χ3n) is 7.40. The molecule has 1 aromatic carbocycles. The van der Waals surface area contributed by atoms with E-state index in [1.807, 2.05) is 33.5 Å². The molecule has 0 bridgehead atoms. The molecule has 0 fully saturated rings. The summed E-state index contributed by atoms with van der Waals surface area (Å²) in [5.74, 6) is -1.25. The average molecular weight is 499 g/mol. The van der Waals surface area contributed by atoms with Crippen LogP contribution in [-0.4, -0.2) is 18.2 Å². The third-order valence-corrected chi connectivity index (χ3v) is 9.38. The van der Waals surface area contributed by atoms with Gasteiger partial charge >= 0.3 is 0 Å². The van der Waals surface area contributed by atoms with E-state index in [1.54, 1.807) is 0 Å². The summed E-state index contributed by atoms with van der Waals surface area (Å²) in [6.45, 7) is 13.9. The van der Waals surface area contributed by atoms with Gasteiger partial charge in [-0.05, 0) is 71.4 Å². The quantitative estimate of drug-likeness (QED) is 0.511. The number of aliphatic hydroxyl groups is 1. The summed E-state index contributed by atoms with van der Waals surface area (Å²) in [4.78, 5) is 4.97. The van der Waals surface area contributed by atoms with E-state index >= 15 is 8.78 Å². The van der Waals surface area contributed by atoms with E-state index in [0.29, 0.717) is 29.7 Å². The van der Waals surface area contributed by atoms with Gasteiger partial charge in [0.2, 0.25) is 0 Å². The Morgan fingerprint density at radius 3 is 2.29 bits per heavy atom. The highest BCUT2D eigenvalue weighted by Crippen LogP contribution is 2.47. The fourth-order valence-corrected chi connectivity index (χ4v) is 7.47. The Balaban J connectivity index is 1.99. The highest BCUT2D eigenvalue weighted by Gasteiger charge is 2.36. The van der Waals surface area contributed by atoms with Gasteiger partial charge in [-0.3, -0.25) is 4.98 Å². The van der Waals surface area contributed by atoms with Crippen molar-refractivity contribution in [2.24, 2.45) is 5.41 Å². The first-order valence-corrected chi connectivity index (χ1v) is 16.3. The van der Waals surface area contributed by atoms with Gasteiger partial charge in [-0.1, -0.05) is 65.9 Å². The number of hydrogen-bond acceptors (Lipinski definition) is 3. The molecular weight excluding hydrogens is 460 g/mol. The lowest BCUT2D eigenvalue weighted by molar-refractivity contribution is -0.434. The van der Waals surface area contributed by atoms with Crippen LogP contribution in [0, 0.1) is 17.0 Å². The van der Waals surface area contributed by atoms with Crippen molar-refractivity contribution < 1.29 is 19.0 Å². The molecule has 2 aromatic rings. The average Bonchev–Trinajstić information content (AvgIpc) is 3.23. The standard InChI is InChI=1S/C29H38F2NO2Si/c1-16(2)26-25(27(34)18-12-19(30)28(20(31)13-18)35(5,6)7)23(17-10-8-9-11-17)24-21(32-26)14-29(3,4)15-22(24)33/h10,12-13,16,22,27,34H,8-9,11,14-15H2,1-7H3/q-1. The topological polar surface area (TPSA) is 56.2 Å². The summed E-state index contributed by atoms with van der Waals surface area (Å²) >= 11 is 0. The van der Waals surface area contributed by atoms with Crippen molar-refractivity contribution in [3.8, 4) is 0 Å². The molecule has 35 heavy (non-hydrogen) atoms. The van der Waals surface area contributed by atoms with Crippen LogP contribution in [0.2, 0.25) is 19.6 Å². The molecule has 1 aromatic heterocycles. The minimum Gasteiger partial charge on any atom is -0.848 e. The van der Waals surface area contributed by atoms with Crippen LogP contribution < -0.4 is 10.3 Å². The molecule has 4 rings (SSSR count). The van der Waals surface area contributed by atoms with Crippen LogP contribution >= 0.6 is 0 Å². The van der Waals surface area contributed by atoms with Gasteiger partial charge in [0.1, 0.15) is 17.7 Å². The highest BCUT2D eigenvalue weighted by atomic mass is 28.3. The van der Waals surface area contributed by atoms with Crippen LogP contribution in [0.15, 0.2) is 18.2 Å². The van der Waals surface area contributed by atoms with Crippen LogP contribution in [0.5, 0.6) is 0 Å². The number of aromatic nitrogens is 1. The number of rotatable bonds is 5. The molecule has 0 spiro atoms. The first-order chi connectivity index (χ1) is 16.2. The molecule has 6 heteroatoms. The predicted octanol–water partition coefficient (Wildman–Crippen LogP) is 6.05. The molecule has 2 aliphatic carbocycles. The van der Waals surface area contributed by atoms with Crippen molar-refractivity contribution in [3.63, 3.8) is 0 Å². The zero-order valence-electron chi connectivity index (χ0n) is 22.1. The lowest BCUT2D eigenvalue weighted by atomic mass is 9.71. The maximum atomic E-state index is 15.2. The maximum absolute atomic E-state index is 15.2. The Bertz CT molecular complexity index is 1160. The Morgan fingerprint density at radius 1 is 1.14 bits per heavy atom. The third kappa shape index (κ3) is 4.89. The Morgan fingerprint density at radius 2 is 1.77 bits per heavy atom. The van der Waals surface area contributed by atoms with Gasteiger partial charge in [-0.2, -0.15) is 0 Å². The van der Waals surface area contributed by atoms with E-state index < -0.39 is 31.9 Å². The van der Waals surface area contributed by atoms with Gasteiger partial charge in [-0.25, -0.2) is 8.78 Å². The minimum atomic E-state index is -2.26. The molecule has 1 heterocycles. The second-order valence-electron chi connectivity index (χ2n) is 12.5. The Hall–Kier alpha value is -1.89. The van der Waals surface area contributed by atoms with E-state index in [0.717, 1.165) is 36.1 Å². The number of benzene rings is 1. The first-order valence-electron chi connectivity index (χ1n) is 12.8. The summed E-state index contributed by atoms with van der Waals surface area (Å²) in [5.41, 5.74) is 4.61. The zero-order chi connectivity index (χ0) is 25.9. The fraction of sp³-hybridized carbons (Fsp3) is 0.552. The Kier molecular flexibility index (Phi) is 6.88. The van der Waals surface area contributed by atoms with Crippen LogP contribution in [0.1, 0.15) is 105 Å². The van der Waals surface area contributed by atoms with Crippen molar-refractivity contribution in [2.45, 2.75) is 97.6 Å². The van der Waals surface area contributed by atoms with Crippen molar-refractivity contribution in [1.82, 2.24) is 4.98 Å². The van der Waals surface area contributed by atoms with Gasteiger partial charge in [0.15, 0.2) is 0 Å². The minimum absolute atomic E-state index is 0.0307. The molecule has 0 radical (unpaired) electrons. The largest absolute Gasteiger partial charge is 0.848 e. The van der Waals surface area contributed by atoms with Crippen LogP contribution in [0.25, 0.3) is 5.57 Å². The van der Waals surface area contributed by atoms with Crippen molar-refractivity contribution in [3.05, 3.63) is 63.5 Å². The van der Waals surface area contributed by atoms with Crippen LogP contribution in [0.3, 0.4) is 0 Å². The molecule has 2 unspecified atom stereocenters. The molecule has 0 aliphatic heterocycles. The smallest absolute Gasteiger partial charge is 0.125 e. The SMILES string of the molecule is CC(C)c1nc2c(c(C3=CCCC3)c1C(O)c1cc(F)c([Si](C)(C)C)c(F)c1)C([O-])CC(C)(C)C2. The number of fused-ring (bicyclic) bond motifs is 1. The molecule has 190 valence electrons. The molecule has 3 nitrogen and oxygen atoms in total. The summed E-state index contributed by atoms with van der Waals surface area (Å²) in [6.07, 6.45) is 3.85. The van der Waals surface area contributed by atoms with Gasteiger partial charge in [0, 0.05) is 22.1 Å². The molecule has 0 saturated carbocycles. The number of halogens is 2. The molecular formula is C29H38F2NO2Si-. The van der Waals surface area contributed by atoms with Crippen LogP contribution in [-0.2, 0) is 6.42 Å². The number of hydrogen-bond donors (Lipinski definition) is 1. The number of pyridine rings is 1. The van der Waals surface area contributed by atoms with E-state index in [-0.39, 0.29) is 22.1 Å². The predicted molar refractivity (Wildman–Crippen MR) is 138 cm³/mol. The summed E-state index contributed by atoms with van der Waals surface area (Å²) in [5, 5.41) is 25.4. The van der Waals surface area contributed by atoms with Gasteiger partial charge in [0.05, 0.1) is 8.07 Å². The fourth-order valence-electron chi connectivity index (χ4n) is 5.89. The second-order valence-corrected chi connectivity index (χ2v) is 17.5. The molecule has 0 amide bonds. The van der Waals surface area contributed by atoms with E-state index in [9.17, 15) is 10.2 Å². The van der Waals surface area contributed by atoms with Crippen molar-refractivity contribution in [2.75, 3.05) is 0 Å². The van der Waals surface area contributed by atoms with Crippen molar-refractivity contribution in [1.29, 1.82) is 0 Å². The maximum Gasteiger partial charge on any atom is 0.125 e. The molecule has 2 atom stereocenters. The number of nitrogens with zero attached hydrogens (tertiary/aromatic N) is 1. The van der Waals surface area contributed by atoms with Crippen molar-refractivity contribution >= 4 is 18.8 Å². The summed E-state index contributed by atoms with van der Waals surface area (Å²) in [7, 11) is -2.26.